The van der Waals surface area contributed by atoms with Crippen LogP contribution in [0.15, 0.2) is 18.2 Å². The molecule has 2 rings (SSSR count). The molecule has 6 heteroatoms. The Bertz CT molecular complexity index is 474. The van der Waals surface area contributed by atoms with E-state index in [1.807, 2.05) is 0 Å². The molecule has 1 aromatic rings. The van der Waals surface area contributed by atoms with Crippen molar-refractivity contribution in [1.82, 2.24) is 0 Å². The van der Waals surface area contributed by atoms with Gasteiger partial charge in [0.05, 0.1) is 12.8 Å². The van der Waals surface area contributed by atoms with E-state index in [0.717, 1.165) is 0 Å². The van der Waals surface area contributed by atoms with Crippen molar-refractivity contribution in [2.45, 2.75) is 5.92 Å². The van der Waals surface area contributed by atoms with Gasteiger partial charge in [-0.1, -0.05) is 17.7 Å². The third kappa shape index (κ3) is 1.45. The zero-order chi connectivity index (χ0) is 11.9. The number of hydrogen-bond acceptors (Lipinski definition) is 4. The number of esters is 1. The lowest BCUT2D eigenvalue weighted by molar-refractivity contribution is -0.146. The van der Waals surface area contributed by atoms with Crippen LogP contribution in [0, 0.1) is 0 Å². The molecule has 16 heavy (non-hydrogen) atoms. The van der Waals surface area contributed by atoms with Crippen molar-refractivity contribution in [3.05, 3.63) is 28.8 Å². The van der Waals surface area contributed by atoms with Gasteiger partial charge in [-0.25, -0.2) is 0 Å². The van der Waals surface area contributed by atoms with Crippen LogP contribution in [0.1, 0.15) is 11.5 Å². The number of rotatable bonds is 1. The van der Waals surface area contributed by atoms with Gasteiger partial charge in [-0.05, 0) is 12.1 Å². The number of ether oxygens (including phenoxy) is 1. The van der Waals surface area contributed by atoms with Crippen LogP contribution >= 0.6 is 11.6 Å². The molecule has 0 spiro atoms. The van der Waals surface area contributed by atoms with Gasteiger partial charge in [-0.15, -0.1) is 0 Å². The Morgan fingerprint density at radius 2 is 2.25 bits per heavy atom. The molecule has 0 radical (unpaired) electrons. The van der Waals surface area contributed by atoms with E-state index in [0.29, 0.717) is 15.6 Å². The fourth-order valence-electron chi connectivity index (χ4n) is 1.66. The summed E-state index contributed by atoms with van der Waals surface area (Å²) in [6, 6.07) is 4.48. The normalized spacial score (nSPS) is 18.6. The lowest BCUT2D eigenvalue weighted by Gasteiger charge is -2.07. The van der Waals surface area contributed by atoms with Crippen LogP contribution in [0.2, 0.25) is 5.02 Å². The van der Waals surface area contributed by atoms with Crippen molar-refractivity contribution in [2.24, 2.45) is 0 Å². The van der Waals surface area contributed by atoms with Gasteiger partial charge in [0.25, 0.3) is 5.91 Å². The number of halogens is 1. The number of benzene rings is 1. The first-order chi connectivity index (χ1) is 7.56. The summed E-state index contributed by atoms with van der Waals surface area (Å²) in [5, 5.41) is 10.3. The van der Waals surface area contributed by atoms with Gasteiger partial charge in [0.2, 0.25) is 0 Å². The number of hydroxylamine groups is 1. The van der Waals surface area contributed by atoms with Crippen molar-refractivity contribution in [1.29, 1.82) is 0 Å². The van der Waals surface area contributed by atoms with Crippen LogP contribution in [-0.2, 0) is 14.3 Å². The van der Waals surface area contributed by atoms with Gasteiger partial charge in [0.15, 0.2) is 5.92 Å². The van der Waals surface area contributed by atoms with Gasteiger partial charge >= 0.3 is 5.97 Å². The second-order valence-corrected chi connectivity index (χ2v) is 3.75. The van der Waals surface area contributed by atoms with Crippen LogP contribution in [0.4, 0.5) is 5.69 Å². The number of hydrogen-bond donors (Lipinski definition) is 1. The summed E-state index contributed by atoms with van der Waals surface area (Å²) in [6.07, 6.45) is 0. The maximum atomic E-state index is 11.6. The second kappa shape index (κ2) is 3.77. The first-order valence-corrected chi connectivity index (χ1v) is 4.84. The molecule has 1 amide bonds. The van der Waals surface area contributed by atoms with Crippen molar-refractivity contribution in [2.75, 3.05) is 12.2 Å². The van der Waals surface area contributed by atoms with Crippen LogP contribution in [-0.4, -0.2) is 24.2 Å². The smallest absolute Gasteiger partial charge is 0.322 e. The van der Waals surface area contributed by atoms with Gasteiger partial charge < -0.3 is 4.74 Å². The van der Waals surface area contributed by atoms with E-state index < -0.39 is 17.8 Å². The molecule has 1 aliphatic rings. The molecular formula is C10H8ClNO4. The molecule has 1 aromatic carbocycles. The second-order valence-electron chi connectivity index (χ2n) is 3.31. The predicted molar refractivity (Wildman–Crippen MR) is 55.5 cm³/mol. The molecule has 1 heterocycles. The van der Waals surface area contributed by atoms with Crippen LogP contribution < -0.4 is 5.06 Å². The van der Waals surface area contributed by atoms with Crippen molar-refractivity contribution >= 4 is 29.2 Å². The van der Waals surface area contributed by atoms with Crippen molar-refractivity contribution < 1.29 is 19.5 Å². The zero-order valence-electron chi connectivity index (χ0n) is 8.31. The Morgan fingerprint density at radius 1 is 1.56 bits per heavy atom. The maximum Gasteiger partial charge on any atom is 0.322 e. The average molecular weight is 242 g/mol. The third-order valence-electron chi connectivity index (χ3n) is 2.42. The van der Waals surface area contributed by atoms with E-state index >= 15 is 0 Å². The maximum absolute atomic E-state index is 11.6. The molecule has 5 nitrogen and oxygen atoms in total. The van der Waals surface area contributed by atoms with E-state index in [9.17, 15) is 14.8 Å². The number of fused-ring (bicyclic) bond motifs is 1. The number of amides is 1. The molecule has 0 aliphatic carbocycles. The zero-order valence-corrected chi connectivity index (χ0v) is 9.06. The van der Waals surface area contributed by atoms with E-state index in [1.165, 1.54) is 19.2 Å². The molecule has 0 aromatic heterocycles. The highest BCUT2D eigenvalue weighted by molar-refractivity contribution is 6.31. The standard InChI is InChI=1S/C10H8ClNO4/c1-16-10(14)8-6-3-2-5(11)4-7(6)12(15)9(8)13/h2-4,8,15H,1H3. The predicted octanol–water partition coefficient (Wildman–Crippen LogP) is 1.33. The van der Waals surface area contributed by atoms with Crippen LogP contribution in [0.25, 0.3) is 0 Å². The van der Waals surface area contributed by atoms with Gasteiger partial charge in [-0.3, -0.25) is 14.8 Å². The highest BCUT2D eigenvalue weighted by Gasteiger charge is 2.42. The molecule has 1 N–H and O–H groups in total. The summed E-state index contributed by atoms with van der Waals surface area (Å²) in [5.41, 5.74) is 0.608. The minimum Gasteiger partial charge on any atom is -0.468 e. The first-order valence-electron chi connectivity index (χ1n) is 4.46. The minimum atomic E-state index is -1.11. The van der Waals surface area contributed by atoms with E-state index in [1.54, 1.807) is 6.07 Å². The fourth-order valence-corrected chi connectivity index (χ4v) is 1.83. The molecule has 84 valence electrons. The monoisotopic (exact) mass is 241 g/mol. The lowest BCUT2D eigenvalue weighted by Crippen LogP contribution is -2.29. The molecule has 0 saturated carbocycles. The Labute approximate surface area is 96.1 Å². The Hall–Kier alpha value is -1.59. The van der Waals surface area contributed by atoms with Gasteiger partial charge in [-0.2, -0.15) is 5.06 Å². The highest BCUT2D eigenvalue weighted by atomic mass is 35.5. The summed E-state index contributed by atoms with van der Waals surface area (Å²) < 4.78 is 4.51. The molecule has 1 unspecified atom stereocenters. The summed E-state index contributed by atoms with van der Waals surface area (Å²) >= 11 is 5.73. The number of carbonyl (C=O) groups excluding carboxylic acids is 2. The van der Waals surface area contributed by atoms with E-state index in [2.05, 4.69) is 4.74 Å². The minimum absolute atomic E-state index is 0.216. The van der Waals surface area contributed by atoms with Crippen molar-refractivity contribution in [3.8, 4) is 0 Å². The molecule has 1 aliphatic heterocycles. The topological polar surface area (TPSA) is 66.8 Å². The summed E-state index contributed by atoms with van der Waals surface area (Å²) in [5.74, 6) is -2.54. The van der Waals surface area contributed by atoms with Crippen LogP contribution in [0.3, 0.4) is 0 Å². The highest BCUT2D eigenvalue weighted by Crippen LogP contribution is 2.38. The van der Waals surface area contributed by atoms with E-state index in [4.69, 9.17) is 11.6 Å². The number of methoxy groups -OCH3 is 1. The molecule has 0 saturated heterocycles. The summed E-state index contributed by atoms with van der Waals surface area (Å²) in [7, 11) is 1.19. The molecule has 1 atom stereocenters. The fraction of sp³-hybridized carbons (Fsp3) is 0.200. The Morgan fingerprint density at radius 3 is 2.88 bits per heavy atom. The number of anilines is 1. The van der Waals surface area contributed by atoms with Gasteiger partial charge in [0, 0.05) is 10.6 Å². The third-order valence-corrected chi connectivity index (χ3v) is 2.66. The van der Waals surface area contributed by atoms with Crippen LogP contribution in [0.5, 0.6) is 0 Å². The number of nitrogens with zero attached hydrogens (tertiary/aromatic N) is 1. The largest absolute Gasteiger partial charge is 0.468 e. The van der Waals surface area contributed by atoms with Gasteiger partial charge in [0.1, 0.15) is 0 Å². The first kappa shape index (κ1) is 10.9. The molecule has 0 bridgehead atoms. The average Bonchev–Trinajstić information content (AvgIpc) is 2.52. The quantitative estimate of drug-likeness (QED) is 0.458. The van der Waals surface area contributed by atoms with E-state index in [-0.39, 0.29) is 5.69 Å². The summed E-state index contributed by atoms with van der Waals surface area (Å²) in [4.78, 5) is 23.0. The van der Waals surface area contributed by atoms with Crippen molar-refractivity contribution in [3.63, 3.8) is 0 Å². The summed E-state index contributed by atoms with van der Waals surface area (Å²) in [6.45, 7) is 0. The lowest BCUT2D eigenvalue weighted by atomic mass is 10.0. The molecular weight excluding hydrogens is 234 g/mol. The SMILES string of the molecule is COC(=O)C1C(=O)N(O)c2cc(Cl)ccc21. The molecule has 0 fully saturated rings. The number of carbonyl (C=O) groups is 2. The Balaban J connectivity index is 2.54. The Kier molecular flexibility index (Phi) is 2.57.